The number of anilines is 2. The minimum atomic E-state index is -0.296. The Hall–Kier alpha value is -3.76. The number of aromatic nitrogens is 2. The van der Waals surface area contributed by atoms with Crippen molar-refractivity contribution in [2.24, 2.45) is 0 Å². The van der Waals surface area contributed by atoms with Crippen molar-refractivity contribution in [3.63, 3.8) is 0 Å². The number of nitrogens with zero attached hydrogens (tertiary/aromatic N) is 2. The SMILES string of the molecule is COc1ccc(C(=O)Nc2nc(C)c(-c3csc(NC(=O)COc4ccc(C)cc4)n3)s2)cc1. The van der Waals surface area contributed by atoms with E-state index >= 15 is 0 Å². The Kier molecular flexibility index (Phi) is 7.19. The maximum atomic E-state index is 12.5. The van der Waals surface area contributed by atoms with Crippen LogP contribution in [0.2, 0.25) is 0 Å². The van der Waals surface area contributed by atoms with E-state index in [-0.39, 0.29) is 18.4 Å². The van der Waals surface area contributed by atoms with Crippen LogP contribution in [0.25, 0.3) is 10.6 Å². The second-order valence-corrected chi connectivity index (χ2v) is 9.16. The number of carbonyl (C=O) groups is 2. The monoisotopic (exact) mass is 494 g/mol. The van der Waals surface area contributed by atoms with Gasteiger partial charge in [-0.2, -0.15) is 0 Å². The highest BCUT2D eigenvalue weighted by Gasteiger charge is 2.16. The normalized spacial score (nSPS) is 10.6. The number of hydrogen-bond donors (Lipinski definition) is 2. The lowest BCUT2D eigenvalue weighted by Crippen LogP contribution is -2.20. The molecule has 0 radical (unpaired) electrons. The van der Waals surface area contributed by atoms with E-state index in [1.54, 1.807) is 31.4 Å². The van der Waals surface area contributed by atoms with Crippen LogP contribution in [-0.2, 0) is 4.79 Å². The van der Waals surface area contributed by atoms with Crippen molar-refractivity contribution in [1.29, 1.82) is 0 Å². The Morgan fingerprint density at radius 3 is 2.32 bits per heavy atom. The van der Waals surface area contributed by atoms with E-state index in [1.807, 2.05) is 43.5 Å². The predicted molar refractivity (Wildman–Crippen MR) is 134 cm³/mol. The van der Waals surface area contributed by atoms with Crippen LogP contribution in [-0.4, -0.2) is 35.5 Å². The van der Waals surface area contributed by atoms with Crippen molar-refractivity contribution < 1.29 is 19.1 Å². The zero-order valence-corrected chi connectivity index (χ0v) is 20.4. The molecule has 0 bridgehead atoms. The molecule has 34 heavy (non-hydrogen) atoms. The molecule has 0 aliphatic carbocycles. The smallest absolute Gasteiger partial charge is 0.264 e. The molecule has 0 fully saturated rings. The van der Waals surface area contributed by atoms with Crippen molar-refractivity contribution in [1.82, 2.24) is 9.97 Å². The number of aryl methyl sites for hydroxylation is 2. The van der Waals surface area contributed by atoms with E-state index in [9.17, 15) is 9.59 Å². The van der Waals surface area contributed by atoms with E-state index < -0.39 is 0 Å². The summed E-state index contributed by atoms with van der Waals surface area (Å²) in [5.41, 5.74) is 3.04. The maximum absolute atomic E-state index is 12.5. The molecule has 174 valence electrons. The first-order valence-corrected chi connectivity index (χ1v) is 12.0. The third-order valence-electron chi connectivity index (χ3n) is 4.74. The lowest BCUT2D eigenvalue weighted by atomic mass is 10.2. The number of carbonyl (C=O) groups excluding carboxylic acids is 2. The van der Waals surface area contributed by atoms with Crippen molar-refractivity contribution in [2.45, 2.75) is 13.8 Å². The second kappa shape index (κ2) is 10.4. The van der Waals surface area contributed by atoms with Crippen LogP contribution in [0.1, 0.15) is 21.6 Å². The fourth-order valence-corrected chi connectivity index (χ4v) is 4.69. The molecule has 2 aromatic heterocycles. The molecular weight excluding hydrogens is 472 g/mol. The lowest BCUT2D eigenvalue weighted by molar-refractivity contribution is -0.118. The van der Waals surface area contributed by atoms with Gasteiger partial charge in [0.1, 0.15) is 11.5 Å². The first-order valence-electron chi connectivity index (χ1n) is 10.3. The summed E-state index contributed by atoms with van der Waals surface area (Å²) in [7, 11) is 1.57. The summed E-state index contributed by atoms with van der Waals surface area (Å²) in [6.45, 7) is 3.72. The lowest BCUT2D eigenvalue weighted by Gasteiger charge is -2.05. The average molecular weight is 495 g/mol. The molecule has 0 saturated carbocycles. The summed E-state index contributed by atoms with van der Waals surface area (Å²) in [6, 6.07) is 14.3. The zero-order valence-electron chi connectivity index (χ0n) is 18.7. The Balaban J connectivity index is 1.36. The highest BCUT2D eigenvalue weighted by molar-refractivity contribution is 7.20. The van der Waals surface area contributed by atoms with Gasteiger partial charge in [-0.3, -0.25) is 20.2 Å². The van der Waals surface area contributed by atoms with Gasteiger partial charge in [0, 0.05) is 10.9 Å². The number of nitrogens with one attached hydrogen (secondary N) is 2. The van der Waals surface area contributed by atoms with Gasteiger partial charge in [-0.25, -0.2) is 9.97 Å². The van der Waals surface area contributed by atoms with Crippen LogP contribution in [0, 0.1) is 13.8 Å². The Bertz CT molecular complexity index is 1300. The van der Waals surface area contributed by atoms with Gasteiger partial charge in [-0.05, 0) is 50.2 Å². The summed E-state index contributed by atoms with van der Waals surface area (Å²) >= 11 is 2.63. The molecule has 0 aliphatic rings. The van der Waals surface area contributed by atoms with Gasteiger partial charge in [0.15, 0.2) is 16.9 Å². The number of ether oxygens (including phenoxy) is 2. The number of thiazole rings is 2. The van der Waals surface area contributed by atoms with Crippen LogP contribution in [0.3, 0.4) is 0 Å². The fraction of sp³-hybridized carbons (Fsp3) is 0.167. The number of methoxy groups -OCH3 is 1. The summed E-state index contributed by atoms with van der Waals surface area (Å²) in [4.78, 5) is 34.5. The molecule has 2 amide bonds. The number of rotatable bonds is 8. The molecule has 0 spiro atoms. The van der Waals surface area contributed by atoms with E-state index in [0.29, 0.717) is 33.0 Å². The minimum Gasteiger partial charge on any atom is -0.497 e. The highest BCUT2D eigenvalue weighted by atomic mass is 32.1. The Morgan fingerprint density at radius 2 is 1.62 bits per heavy atom. The van der Waals surface area contributed by atoms with Crippen molar-refractivity contribution >= 4 is 44.8 Å². The molecule has 0 atom stereocenters. The molecule has 2 heterocycles. The minimum absolute atomic E-state index is 0.112. The maximum Gasteiger partial charge on any atom is 0.264 e. The van der Waals surface area contributed by atoms with E-state index in [2.05, 4.69) is 20.6 Å². The van der Waals surface area contributed by atoms with Crippen LogP contribution in [0.5, 0.6) is 11.5 Å². The van der Waals surface area contributed by atoms with Gasteiger partial charge >= 0.3 is 0 Å². The van der Waals surface area contributed by atoms with Crippen LogP contribution >= 0.6 is 22.7 Å². The first-order chi connectivity index (χ1) is 16.4. The Labute approximate surface area is 204 Å². The average Bonchev–Trinajstić information content (AvgIpc) is 3.44. The molecule has 4 rings (SSSR count). The topological polar surface area (TPSA) is 102 Å². The van der Waals surface area contributed by atoms with Gasteiger partial charge in [0.25, 0.3) is 11.8 Å². The van der Waals surface area contributed by atoms with E-state index in [4.69, 9.17) is 9.47 Å². The first kappa shape index (κ1) is 23.4. The number of amides is 2. The molecule has 0 saturated heterocycles. The molecule has 4 aromatic rings. The molecule has 8 nitrogen and oxygen atoms in total. The van der Waals surface area contributed by atoms with Gasteiger partial charge in [-0.1, -0.05) is 29.0 Å². The van der Waals surface area contributed by atoms with Gasteiger partial charge < -0.3 is 9.47 Å². The third kappa shape index (κ3) is 5.77. The molecule has 2 N–H and O–H groups in total. The molecule has 0 aliphatic heterocycles. The van der Waals surface area contributed by atoms with E-state index in [0.717, 1.165) is 16.1 Å². The molecular formula is C24H22N4O4S2. The van der Waals surface area contributed by atoms with Crippen LogP contribution in [0.4, 0.5) is 10.3 Å². The fourth-order valence-electron chi connectivity index (χ4n) is 2.97. The Morgan fingerprint density at radius 1 is 0.912 bits per heavy atom. The highest BCUT2D eigenvalue weighted by Crippen LogP contribution is 2.34. The van der Waals surface area contributed by atoms with Crippen LogP contribution in [0.15, 0.2) is 53.9 Å². The van der Waals surface area contributed by atoms with Gasteiger partial charge in [0.05, 0.1) is 23.4 Å². The van der Waals surface area contributed by atoms with Gasteiger partial charge in [0.2, 0.25) is 0 Å². The summed E-state index contributed by atoms with van der Waals surface area (Å²) in [5, 5.41) is 8.34. The summed E-state index contributed by atoms with van der Waals surface area (Å²) in [6.07, 6.45) is 0. The molecule has 2 aromatic carbocycles. The third-order valence-corrected chi connectivity index (χ3v) is 6.60. The van der Waals surface area contributed by atoms with E-state index in [1.165, 1.54) is 22.7 Å². The van der Waals surface area contributed by atoms with Crippen molar-refractivity contribution in [3.05, 3.63) is 70.7 Å². The van der Waals surface area contributed by atoms with Crippen molar-refractivity contribution in [3.8, 4) is 22.1 Å². The molecule has 0 unspecified atom stereocenters. The van der Waals surface area contributed by atoms with Crippen molar-refractivity contribution in [2.75, 3.05) is 24.4 Å². The predicted octanol–water partition coefficient (Wildman–Crippen LogP) is 5.16. The number of hydrogen-bond acceptors (Lipinski definition) is 8. The van der Waals surface area contributed by atoms with Gasteiger partial charge in [-0.15, -0.1) is 11.3 Å². The largest absolute Gasteiger partial charge is 0.497 e. The number of benzene rings is 2. The van der Waals surface area contributed by atoms with Crippen LogP contribution < -0.4 is 20.1 Å². The quantitative estimate of drug-likeness (QED) is 0.351. The summed E-state index contributed by atoms with van der Waals surface area (Å²) < 4.78 is 10.6. The summed E-state index contributed by atoms with van der Waals surface area (Å²) in [5.74, 6) is 0.750. The molecule has 10 heteroatoms. The zero-order chi connectivity index (χ0) is 24.1. The standard InChI is InChI=1S/C24H22N4O4S2/c1-14-4-8-18(9-5-14)32-12-20(29)27-23-26-19(13-33-23)21-15(2)25-24(34-21)28-22(30)16-6-10-17(31-3)11-7-16/h4-11,13H,12H2,1-3H3,(H,25,28,30)(H,26,27,29). The second-order valence-electron chi connectivity index (χ2n) is 7.30.